The Hall–Kier alpha value is -3.68. The molecule has 146 valence electrons. The first kappa shape index (κ1) is 17.4. The Morgan fingerprint density at radius 2 is 2.07 bits per heavy atom. The lowest BCUT2D eigenvalue weighted by Gasteiger charge is -2.28. The maximum atomic E-state index is 13.0. The average molecular weight is 390 g/mol. The summed E-state index contributed by atoms with van der Waals surface area (Å²) in [6.07, 6.45) is 2.45. The zero-order valence-corrected chi connectivity index (χ0v) is 15.7. The molecule has 2 N–H and O–H groups in total. The molecular formula is C21H18N4O4. The summed E-state index contributed by atoms with van der Waals surface area (Å²) in [5, 5.41) is 4.95. The summed E-state index contributed by atoms with van der Waals surface area (Å²) in [6.45, 7) is 2.35. The van der Waals surface area contributed by atoms with Crippen LogP contribution in [0.25, 0.3) is 11.1 Å². The van der Waals surface area contributed by atoms with Gasteiger partial charge < -0.3 is 14.6 Å². The number of furan rings is 1. The molecule has 4 amide bonds. The normalized spacial score (nSPS) is 20.9. The Morgan fingerprint density at radius 1 is 1.21 bits per heavy atom. The highest BCUT2D eigenvalue weighted by atomic mass is 16.3. The minimum atomic E-state index is -1.51. The molecule has 0 aliphatic carbocycles. The van der Waals surface area contributed by atoms with Crippen molar-refractivity contribution in [1.29, 1.82) is 0 Å². The molecule has 3 aromatic rings. The Morgan fingerprint density at radius 3 is 2.79 bits per heavy atom. The lowest BCUT2D eigenvalue weighted by atomic mass is 9.95. The highest BCUT2D eigenvalue weighted by Gasteiger charge is 2.53. The number of rotatable bonds is 4. The molecule has 0 radical (unpaired) electrons. The van der Waals surface area contributed by atoms with E-state index in [1.165, 1.54) is 0 Å². The topological polar surface area (TPSA) is 105 Å². The molecule has 2 aromatic heterocycles. The van der Waals surface area contributed by atoms with Crippen LogP contribution >= 0.6 is 0 Å². The van der Waals surface area contributed by atoms with Gasteiger partial charge in [0.2, 0.25) is 0 Å². The van der Waals surface area contributed by atoms with Gasteiger partial charge in [0, 0.05) is 24.4 Å². The second-order valence-electron chi connectivity index (χ2n) is 7.32. The van der Waals surface area contributed by atoms with Gasteiger partial charge in [-0.15, -0.1) is 0 Å². The fourth-order valence-electron chi connectivity index (χ4n) is 3.98. The second kappa shape index (κ2) is 6.16. The number of carbonyl (C=O) groups is 3. The van der Waals surface area contributed by atoms with Crippen molar-refractivity contribution in [2.24, 2.45) is 0 Å². The number of hydrogen-bond donors (Lipinski definition) is 2. The van der Waals surface area contributed by atoms with Gasteiger partial charge in [0.1, 0.15) is 11.3 Å². The molecule has 0 saturated carbocycles. The van der Waals surface area contributed by atoms with Crippen molar-refractivity contribution in [2.45, 2.75) is 25.4 Å². The molecule has 1 aromatic carbocycles. The van der Waals surface area contributed by atoms with Gasteiger partial charge in [-0.05, 0) is 35.7 Å². The van der Waals surface area contributed by atoms with Crippen molar-refractivity contribution in [3.8, 4) is 0 Å². The Bertz CT molecular complexity index is 1150. The number of carbonyl (C=O) groups excluding carboxylic acids is 3. The van der Waals surface area contributed by atoms with Crippen LogP contribution in [0.4, 0.5) is 4.79 Å². The number of nitrogens with one attached hydrogen (secondary N) is 2. The van der Waals surface area contributed by atoms with Gasteiger partial charge in [-0.1, -0.05) is 19.1 Å². The molecule has 8 nitrogen and oxygen atoms in total. The van der Waals surface area contributed by atoms with Crippen LogP contribution < -0.4 is 10.6 Å². The predicted molar refractivity (Wildman–Crippen MR) is 103 cm³/mol. The Labute approximate surface area is 165 Å². The molecule has 8 heteroatoms. The first-order valence-corrected chi connectivity index (χ1v) is 9.40. The van der Waals surface area contributed by atoms with Crippen molar-refractivity contribution in [3.05, 3.63) is 65.0 Å². The molecule has 1 saturated heterocycles. The molecule has 1 unspecified atom stereocenters. The van der Waals surface area contributed by atoms with E-state index >= 15 is 0 Å². The zero-order valence-electron chi connectivity index (χ0n) is 15.7. The van der Waals surface area contributed by atoms with E-state index < -0.39 is 17.5 Å². The molecule has 2 aliphatic heterocycles. The largest absolute Gasteiger partial charge is 0.456 e. The summed E-state index contributed by atoms with van der Waals surface area (Å²) in [5.41, 5.74) is 2.17. The average Bonchev–Trinajstić information content (AvgIpc) is 3.36. The van der Waals surface area contributed by atoms with Crippen molar-refractivity contribution >= 4 is 28.9 Å². The maximum absolute atomic E-state index is 13.0. The van der Waals surface area contributed by atoms with Crippen LogP contribution in [0.3, 0.4) is 0 Å². The number of urea groups is 1. The molecule has 0 bridgehead atoms. The number of hydrogen-bond acceptors (Lipinski definition) is 5. The fourth-order valence-corrected chi connectivity index (χ4v) is 3.98. The van der Waals surface area contributed by atoms with Crippen LogP contribution in [0.15, 0.2) is 47.0 Å². The molecule has 1 atom stereocenters. The summed E-state index contributed by atoms with van der Waals surface area (Å²) in [5.74, 6) is -0.482. The van der Waals surface area contributed by atoms with Gasteiger partial charge in [-0.3, -0.25) is 19.9 Å². The molecule has 2 aliphatic rings. The first-order chi connectivity index (χ1) is 14.0. The summed E-state index contributed by atoms with van der Waals surface area (Å²) < 4.78 is 5.86. The third kappa shape index (κ3) is 2.60. The molecule has 4 heterocycles. The van der Waals surface area contributed by atoms with E-state index in [1.54, 1.807) is 29.3 Å². The summed E-state index contributed by atoms with van der Waals surface area (Å²) >= 11 is 0. The van der Waals surface area contributed by atoms with Crippen LogP contribution in [-0.2, 0) is 23.3 Å². The van der Waals surface area contributed by atoms with E-state index in [4.69, 9.17) is 4.42 Å². The van der Waals surface area contributed by atoms with E-state index in [0.29, 0.717) is 23.2 Å². The van der Waals surface area contributed by atoms with Crippen LogP contribution in [0.1, 0.15) is 34.2 Å². The number of pyridine rings is 1. The van der Waals surface area contributed by atoms with Crippen molar-refractivity contribution < 1.29 is 18.8 Å². The third-order valence-corrected chi connectivity index (χ3v) is 5.54. The molecule has 0 spiro atoms. The van der Waals surface area contributed by atoms with E-state index in [2.05, 4.69) is 15.6 Å². The minimum absolute atomic E-state index is 0.0423. The number of aromatic nitrogens is 1. The second-order valence-corrected chi connectivity index (χ2v) is 7.32. The number of imide groups is 1. The molecule has 5 rings (SSSR count). The minimum Gasteiger partial charge on any atom is -0.456 e. The zero-order chi connectivity index (χ0) is 20.2. The van der Waals surface area contributed by atoms with Gasteiger partial charge in [0.05, 0.1) is 6.54 Å². The van der Waals surface area contributed by atoms with Gasteiger partial charge >= 0.3 is 6.03 Å². The molecule has 29 heavy (non-hydrogen) atoms. The lowest BCUT2D eigenvalue weighted by molar-refractivity contribution is -0.125. The summed E-state index contributed by atoms with van der Waals surface area (Å²) in [7, 11) is 0. The van der Waals surface area contributed by atoms with Crippen LogP contribution in [0, 0.1) is 0 Å². The van der Waals surface area contributed by atoms with Crippen molar-refractivity contribution in [2.75, 3.05) is 6.54 Å². The SMILES string of the molecule is CCc1ccc2c(c1)C(=O)N(CC1(c3cc4ncccc4o3)NC(=O)NC1=O)C2. The van der Waals surface area contributed by atoms with Crippen molar-refractivity contribution in [3.63, 3.8) is 0 Å². The Balaban J connectivity index is 1.54. The van der Waals surface area contributed by atoms with E-state index in [0.717, 1.165) is 17.5 Å². The summed E-state index contributed by atoms with van der Waals surface area (Å²) in [4.78, 5) is 43.7. The third-order valence-electron chi connectivity index (χ3n) is 5.54. The lowest BCUT2D eigenvalue weighted by Crippen LogP contribution is -2.52. The molecular weight excluding hydrogens is 372 g/mol. The van der Waals surface area contributed by atoms with Gasteiger partial charge in [0.15, 0.2) is 11.1 Å². The monoisotopic (exact) mass is 390 g/mol. The van der Waals surface area contributed by atoms with E-state index in [9.17, 15) is 14.4 Å². The number of benzene rings is 1. The van der Waals surface area contributed by atoms with E-state index in [1.807, 2.05) is 25.1 Å². The van der Waals surface area contributed by atoms with Gasteiger partial charge in [0.25, 0.3) is 11.8 Å². The molecule has 1 fully saturated rings. The number of aryl methyl sites for hydroxylation is 1. The van der Waals surface area contributed by atoms with Crippen molar-refractivity contribution in [1.82, 2.24) is 20.5 Å². The fraction of sp³-hybridized carbons (Fsp3) is 0.238. The van der Waals surface area contributed by atoms with Crippen LogP contribution in [0.5, 0.6) is 0 Å². The number of nitrogens with zero attached hydrogens (tertiary/aromatic N) is 2. The van der Waals surface area contributed by atoms with Gasteiger partial charge in [-0.2, -0.15) is 0 Å². The number of amides is 4. The highest BCUT2D eigenvalue weighted by molar-refractivity contribution is 6.08. The van der Waals surface area contributed by atoms with Crippen LogP contribution in [0.2, 0.25) is 0 Å². The van der Waals surface area contributed by atoms with E-state index in [-0.39, 0.29) is 18.2 Å². The Kier molecular flexibility index (Phi) is 3.70. The van der Waals surface area contributed by atoms with Gasteiger partial charge in [-0.25, -0.2) is 4.79 Å². The number of fused-ring (bicyclic) bond motifs is 2. The maximum Gasteiger partial charge on any atom is 0.322 e. The standard InChI is InChI=1S/C21H18N4O4/c1-2-12-5-6-13-10-25(18(26)14(13)8-12)11-21(19(27)23-20(28)24-21)17-9-15-16(29-17)4-3-7-22-15/h3-9H,2,10-11H2,1H3,(H2,23,24,27,28). The summed E-state index contributed by atoms with van der Waals surface area (Å²) in [6, 6.07) is 10.3. The van der Waals surface area contributed by atoms with Crippen LogP contribution in [-0.4, -0.2) is 34.3 Å². The highest BCUT2D eigenvalue weighted by Crippen LogP contribution is 2.33. The quantitative estimate of drug-likeness (QED) is 0.664. The smallest absolute Gasteiger partial charge is 0.322 e. The predicted octanol–water partition coefficient (Wildman–Crippen LogP) is 2.08. The first-order valence-electron chi connectivity index (χ1n) is 9.40.